The Morgan fingerprint density at radius 3 is 2.71 bits per heavy atom. The molecule has 0 spiro atoms. The second kappa shape index (κ2) is 6.60. The largest absolute Gasteiger partial charge is 0.451 e. The van der Waals surface area contributed by atoms with E-state index >= 15 is 0 Å². The van der Waals surface area contributed by atoms with E-state index in [2.05, 4.69) is 22.4 Å². The summed E-state index contributed by atoms with van der Waals surface area (Å²) in [4.78, 5) is 14.0. The molecule has 1 N–H and O–H groups in total. The molecular formula is C15H22F3N5O. The molecule has 2 heterocycles. The number of rotatable bonds is 2. The number of hydrogen-bond donors (Lipinski definition) is 1. The van der Waals surface area contributed by atoms with Crippen LogP contribution in [0.1, 0.15) is 50.7 Å². The maximum Gasteiger partial charge on any atom is 0.451 e. The fourth-order valence-electron chi connectivity index (χ4n) is 3.68. The molecule has 1 saturated carbocycles. The Morgan fingerprint density at radius 1 is 1.25 bits per heavy atom. The average molecular weight is 345 g/mol. The molecule has 1 aromatic heterocycles. The van der Waals surface area contributed by atoms with Gasteiger partial charge in [0, 0.05) is 19.1 Å². The molecule has 0 saturated heterocycles. The van der Waals surface area contributed by atoms with Gasteiger partial charge in [0.05, 0.1) is 6.54 Å². The highest BCUT2D eigenvalue weighted by molar-refractivity contribution is 5.74. The number of nitrogens with one attached hydrogen (secondary N) is 1. The Morgan fingerprint density at radius 2 is 2.00 bits per heavy atom. The highest BCUT2D eigenvalue weighted by Crippen LogP contribution is 2.30. The maximum atomic E-state index is 12.8. The van der Waals surface area contributed by atoms with Crippen LogP contribution in [0.5, 0.6) is 0 Å². The topological polar surface area (TPSA) is 63.1 Å². The van der Waals surface area contributed by atoms with E-state index in [9.17, 15) is 18.0 Å². The fraction of sp³-hybridized carbons (Fsp3) is 0.800. The third-order valence-corrected chi connectivity index (χ3v) is 5.04. The summed E-state index contributed by atoms with van der Waals surface area (Å²) in [6.07, 6.45) is 0.875. The van der Waals surface area contributed by atoms with Crippen molar-refractivity contribution in [1.29, 1.82) is 0 Å². The first-order valence-corrected chi connectivity index (χ1v) is 8.45. The molecule has 1 aliphatic carbocycles. The van der Waals surface area contributed by atoms with Crippen LogP contribution in [0.2, 0.25) is 0 Å². The Labute approximate surface area is 138 Å². The van der Waals surface area contributed by atoms with Gasteiger partial charge in [-0.2, -0.15) is 13.2 Å². The fourth-order valence-corrected chi connectivity index (χ4v) is 3.68. The lowest BCUT2D eigenvalue weighted by molar-refractivity contribution is -0.147. The minimum absolute atomic E-state index is 0.0540. The predicted octanol–water partition coefficient (Wildman–Crippen LogP) is 2.79. The first kappa shape index (κ1) is 17.0. The van der Waals surface area contributed by atoms with Gasteiger partial charge in [-0.25, -0.2) is 4.79 Å². The number of carbonyl (C=O) groups is 1. The van der Waals surface area contributed by atoms with Crippen molar-refractivity contribution in [2.75, 3.05) is 6.54 Å². The molecule has 9 heteroatoms. The van der Waals surface area contributed by atoms with Crippen molar-refractivity contribution in [2.45, 2.75) is 64.3 Å². The minimum Gasteiger partial charge on any atom is -0.335 e. The molecule has 0 aromatic carbocycles. The third-order valence-electron chi connectivity index (χ3n) is 5.04. The lowest BCUT2D eigenvalue weighted by Gasteiger charge is -2.35. The van der Waals surface area contributed by atoms with Crippen LogP contribution in [-0.4, -0.2) is 38.3 Å². The molecule has 24 heavy (non-hydrogen) atoms. The average Bonchev–Trinajstić information content (AvgIpc) is 2.98. The van der Waals surface area contributed by atoms with Crippen LogP contribution in [0.4, 0.5) is 18.0 Å². The molecule has 0 bridgehead atoms. The van der Waals surface area contributed by atoms with Crippen LogP contribution >= 0.6 is 0 Å². The molecule has 1 aromatic rings. The van der Waals surface area contributed by atoms with Gasteiger partial charge in [0.2, 0.25) is 5.82 Å². The lowest BCUT2D eigenvalue weighted by Crippen LogP contribution is -2.50. The molecule has 2 aliphatic rings. The van der Waals surface area contributed by atoms with Gasteiger partial charge in [-0.1, -0.05) is 26.2 Å². The quantitative estimate of drug-likeness (QED) is 0.896. The molecule has 3 rings (SSSR count). The second-order valence-electron chi connectivity index (χ2n) is 6.52. The van der Waals surface area contributed by atoms with E-state index in [1.165, 1.54) is 11.3 Å². The minimum atomic E-state index is -4.52. The first-order valence-electron chi connectivity index (χ1n) is 8.45. The summed E-state index contributed by atoms with van der Waals surface area (Å²) in [5.74, 6) is -0.330. The zero-order valence-electron chi connectivity index (χ0n) is 13.6. The monoisotopic (exact) mass is 345 g/mol. The van der Waals surface area contributed by atoms with Crippen LogP contribution in [0, 0.1) is 5.92 Å². The van der Waals surface area contributed by atoms with Crippen molar-refractivity contribution in [3.05, 3.63) is 11.6 Å². The van der Waals surface area contributed by atoms with Gasteiger partial charge in [-0.05, 0) is 18.8 Å². The Bertz CT molecular complexity index is 600. The number of nitrogens with zero attached hydrogens (tertiary/aromatic N) is 4. The summed E-state index contributed by atoms with van der Waals surface area (Å²) in [5, 5.41) is 9.90. The van der Waals surface area contributed by atoms with E-state index in [1.54, 1.807) is 0 Å². The molecule has 1 aliphatic heterocycles. The Hall–Kier alpha value is -1.80. The van der Waals surface area contributed by atoms with Crippen LogP contribution in [0.25, 0.3) is 0 Å². The number of urea groups is 1. The van der Waals surface area contributed by atoms with Gasteiger partial charge >= 0.3 is 12.2 Å². The van der Waals surface area contributed by atoms with E-state index in [0.717, 1.165) is 30.3 Å². The van der Waals surface area contributed by atoms with Crippen LogP contribution in [-0.2, 0) is 19.3 Å². The highest BCUT2D eigenvalue weighted by atomic mass is 19.4. The number of alkyl halides is 3. The van der Waals surface area contributed by atoms with Gasteiger partial charge in [0.1, 0.15) is 0 Å². The van der Waals surface area contributed by atoms with E-state index in [4.69, 9.17) is 0 Å². The maximum absolute atomic E-state index is 12.8. The van der Waals surface area contributed by atoms with E-state index in [0.29, 0.717) is 5.92 Å². The van der Waals surface area contributed by atoms with Gasteiger partial charge in [-0.3, -0.25) is 0 Å². The summed E-state index contributed by atoms with van der Waals surface area (Å²) < 4.78 is 39.6. The number of carbonyl (C=O) groups excluding carboxylic acids is 1. The van der Waals surface area contributed by atoms with Crippen molar-refractivity contribution < 1.29 is 18.0 Å². The second-order valence-corrected chi connectivity index (χ2v) is 6.52. The molecule has 0 unspecified atom stereocenters. The smallest absolute Gasteiger partial charge is 0.335 e. The predicted molar refractivity (Wildman–Crippen MR) is 80.0 cm³/mol. The number of aromatic nitrogens is 3. The molecular weight excluding hydrogens is 323 g/mol. The summed E-state index contributed by atoms with van der Waals surface area (Å²) in [6.45, 7) is 2.46. The van der Waals surface area contributed by atoms with Gasteiger partial charge in [0.25, 0.3) is 0 Å². The van der Waals surface area contributed by atoms with E-state index in [-0.39, 0.29) is 37.5 Å². The number of halogens is 3. The van der Waals surface area contributed by atoms with E-state index < -0.39 is 12.0 Å². The summed E-state index contributed by atoms with van der Waals surface area (Å²) in [7, 11) is 0. The summed E-state index contributed by atoms with van der Waals surface area (Å²) in [5.41, 5.74) is 0. The summed E-state index contributed by atoms with van der Waals surface area (Å²) >= 11 is 0. The standard InChI is InChI=1S/C15H22F3N5O/c1-2-10-5-3-4-6-11(10)19-14(24)22-7-8-23-12(9-22)20-21-13(23)15(16,17)18/h10-11H,2-9H2,1H3,(H,19,24)/t10-,11-/m1/s1. The van der Waals surface area contributed by atoms with Crippen molar-refractivity contribution in [3.63, 3.8) is 0 Å². The Balaban J connectivity index is 1.65. The van der Waals surface area contributed by atoms with Crippen molar-refractivity contribution >= 4 is 6.03 Å². The summed E-state index contributed by atoms with van der Waals surface area (Å²) in [6, 6.07) is -0.0649. The van der Waals surface area contributed by atoms with Crippen molar-refractivity contribution in [2.24, 2.45) is 5.92 Å². The first-order chi connectivity index (χ1) is 11.4. The van der Waals surface area contributed by atoms with Crippen LogP contribution < -0.4 is 5.32 Å². The molecule has 1 fully saturated rings. The van der Waals surface area contributed by atoms with E-state index in [1.807, 2.05) is 0 Å². The molecule has 0 radical (unpaired) electrons. The van der Waals surface area contributed by atoms with Gasteiger partial charge in [0.15, 0.2) is 5.82 Å². The number of hydrogen-bond acceptors (Lipinski definition) is 3. The molecule has 2 atom stereocenters. The molecule has 2 amide bonds. The normalized spacial score (nSPS) is 24.6. The van der Waals surface area contributed by atoms with Crippen LogP contribution in [0.3, 0.4) is 0 Å². The zero-order chi connectivity index (χ0) is 17.3. The zero-order valence-corrected chi connectivity index (χ0v) is 13.6. The van der Waals surface area contributed by atoms with Crippen molar-refractivity contribution in [3.8, 4) is 0 Å². The van der Waals surface area contributed by atoms with Gasteiger partial charge < -0.3 is 14.8 Å². The van der Waals surface area contributed by atoms with Crippen molar-refractivity contribution in [1.82, 2.24) is 25.0 Å². The third kappa shape index (κ3) is 3.34. The van der Waals surface area contributed by atoms with Gasteiger partial charge in [-0.15, -0.1) is 10.2 Å². The van der Waals surface area contributed by atoms with Crippen LogP contribution in [0.15, 0.2) is 0 Å². The molecule has 134 valence electrons. The Kier molecular flexibility index (Phi) is 4.69. The SMILES string of the molecule is CC[C@@H]1CCCC[C@H]1NC(=O)N1CCn2c(nnc2C(F)(F)F)C1. The lowest BCUT2D eigenvalue weighted by atomic mass is 9.83. The number of fused-ring (bicyclic) bond motifs is 1. The highest BCUT2D eigenvalue weighted by Gasteiger charge is 2.40. The molecule has 6 nitrogen and oxygen atoms in total. The number of amides is 2.